The third-order valence-corrected chi connectivity index (χ3v) is 6.71. The number of methoxy groups -OCH3 is 1. The molecule has 204 valence electrons. The largest absolute Gasteiger partial charge is 0.497 e. The highest BCUT2D eigenvalue weighted by Crippen LogP contribution is 2.38. The van der Waals surface area contributed by atoms with E-state index in [2.05, 4.69) is 17.6 Å². The molecule has 0 bridgehead atoms. The molecular weight excluding hydrogens is 460 g/mol. The molecule has 8 heteroatoms. The predicted molar refractivity (Wildman–Crippen MR) is 140 cm³/mol. The zero-order valence-corrected chi connectivity index (χ0v) is 22.6. The maximum Gasteiger partial charge on any atom is 0.319 e. The Balaban J connectivity index is 1.38. The van der Waals surface area contributed by atoms with Crippen molar-refractivity contribution in [1.82, 2.24) is 5.32 Å². The summed E-state index contributed by atoms with van der Waals surface area (Å²) in [5.41, 5.74) is 0.680. The molecule has 2 N–H and O–H groups in total. The standard InChI is InChI=1S/C28H46N2O6/c1-5-6-7-8-9-10-11-12-13-14-19-33-24-23(34-26-25(24)35-28(2,3)36-26)20-29-27(31)30-21-15-17-22(32-4)18-16-21/h15-18,23-26H,5-14,19-20H2,1-4H3,(H2,29,30,31)/t23-,24-,25-,26-/m1/s1. The molecule has 1 aromatic carbocycles. The van der Waals surface area contributed by atoms with Gasteiger partial charge in [0, 0.05) is 18.8 Å². The van der Waals surface area contributed by atoms with Gasteiger partial charge >= 0.3 is 6.03 Å². The van der Waals surface area contributed by atoms with Gasteiger partial charge in [-0.3, -0.25) is 0 Å². The van der Waals surface area contributed by atoms with Gasteiger partial charge in [0.15, 0.2) is 12.1 Å². The lowest BCUT2D eigenvalue weighted by atomic mass is 10.1. The van der Waals surface area contributed by atoms with Crippen molar-refractivity contribution in [3.63, 3.8) is 0 Å². The van der Waals surface area contributed by atoms with E-state index in [-0.39, 0.29) is 24.3 Å². The summed E-state index contributed by atoms with van der Waals surface area (Å²) in [6, 6.07) is 6.86. The number of ether oxygens (including phenoxy) is 5. The van der Waals surface area contributed by atoms with Crippen LogP contribution in [0.25, 0.3) is 0 Å². The second-order valence-electron chi connectivity index (χ2n) is 10.2. The first-order valence-electron chi connectivity index (χ1n) is 13.7. The number of nitrogens with one attached hydrogen (secondary N) is 2. The molecule has 2 aliphatic rings. The summed E-state index contributed by atoms with van der Waals surface area (Å²) in [5, 5.41) is 5.71. The highest BCUT2D eigenvalue weighted by atomic mass is 16.8. The third-order valence-electron chi connectivity index (χ3n) is 6.71. The van der Waals surface area contributed by atoms with Gasteiger partial charge in [0.25, 0.3) is 0 Å². The number of anilines is 1. The molecule has 36 heavy (non-hydrogen) atoms. The Labute approximate surface area is 216 Å². The van der Waals surface area contributed by atoms with Gasteiger partial charge in [0.05, 0.1) is 7.11 Å². The van der Waals surface area contributed by atoms with Crippen LogP contribution in [-0.2, 0) is 18.9 Å². The summed E-state index contributed by atoms with van der Waals surface area (Å²) in [7, 11) is 1.61. The lowest BCUT2D eigenvalue weighted by Gasteiger charge is -2.26. The van der Waals surface area contributed by atoms with Crippen LogP contribution >= 0.6 is 0 Å². The Kier molecular flexibility index (Phi) is 11.8. The van der Waals surface area contributed by atoms with Crippen molar-refractivity contribution in [3.05, 3.63) is 24.3 Å². The number of carbonyl (C=O) groups is 1. The number of hydrogen-bond acceptors (Lipinski definition) is 6. The van der Waals surface area contributed by atoms with E-state index in [1.165, 1.54) is 51.4 Å². The van der Waals surface area contributed by atoms with Crippen molar-refractivity contribution in [2.45, 2.75) is 115 Å². The van der Waals surface area contributed by atoms with Gasteiger partial charge in [-0.1, -0.05) is 64.7 Å². The first-order valence-corrected chi connectivity index (χ1v) is 13.7. The lowest BCUT2D eigenvalue weighted by molar-refractivity contribution is -0.217. The maximum absolute atomic E-state index is 12.4. The highest BCUT2D eigenvalue weighted by molar-refractivity contribution is 5.89. The summed E-state index contributed by atoms with van der Waals surface area (Å²) in [4.78, 5) is 12.4. The smallest absolute Gasteiger partial charge is 0.319 e. The van der Waals surface area contributed by atoms with Crippen molar-refractivity contribution in [2.75, 3.05) is 25.6 Å². The second-order valence-corrected chi connectivity index (χ2v) is 10.2. The van der Waals surface area contributed by atoms with Crippen molar-refractivity contribution in [3.8, 4) is 5.75 Å². The van der Waals surface area contributed by atoms with E-state index in [1.807, 2.05) is 13.8 Å². The molecule has 2 amide bonds. The normalized spacial score (nSPS) is 24.4. The van der Waals surface area contributed by atoms with Crippen LogP contribution in [-0.4, -0.2) is 56.7 Å². The highest BCUT2D eigenvalue weighted by Gasteiger charge is 2.55. The molecule has 2 saturated heterocycles. The summed E-state index contributed by atoms with van der Waals surface area (Å²) < 4.78 is 29.5. The zero-order chi connectivity index (χ0) is 25.8. The van der Waals surface area contributed by atoms with Crippen LogP contribution in [0.3, 0.4) is 0 Å². The van der Waals surface area contributed by atoms with Crippen LogP contribution in [0.5, 0.6) is 5.75 Å². The molecular formula is C28H46N2O6. The minimum absolute atomic E-state index is 0.295. The average Bonchev–Trinajstić information content (AvgIpc) is 3.32. The van der Waals surface area contributed by atoms with E-state index in [9.17, 15) is 4.79 Å². The van der Waals surface area contributed by atoms with Crippen LogP contribution in [0.4, 0.5) is 10.5 Å². The van der Waals surface area contributed by atoms with Gasteiger partial charge in [-0.25, -0.2) is 4.79 Å². The van der Waals surface area contributed by atoms with E-state index in [1.54, 1.807) is 31.4 Å². The summed E-state index contributed by atoms with van der Waals surface area (Å²) in [5.74, 6) is 0.0234. The van der Waals surface area contributed by atoms with Crippen LogP contribution in [0.15, 0.2) is 24.3 Å². The number of benzene rings is 1. The fraction of sp³-hybridized carbons (Fsp3) is 0.750. The molecule has 2 heterocycles. The Morgan fingerprint density at radius 2 is 1.58 bits per heavy atom. The van der Waals surface area contributed by atoms with Crippen molar-refractivity contribution >= 4 is 11.7 Å². The fourth-order valence-electron chi connectivity index (χ4n) is 4.76. The van der Waals surface area contributed by atoms with E-state index in [0.717, 1.165) is 18.6 Å². The summed E-state index contributed by atoms with van der Waals surface area (Å²) >= 11 is 0. The Morgan fingerprint density at radius 3 is 2.22 bits per heavy atom. The SMILES string of the molecule is CCCCCCCCCCCCO[C@H]1[C@H]2OC(C)(C)O[C@H]2O[C@@H]1CNC(=O)Nc1ccc(OC)cc1. The number of rotatable bonds is 16. The number of unbranched alkanes of at least 4 members (excludes halogenated alkanes) is 9. The third kappa shape index (κ3) is 9.21. The van der Waals surface area contributed by atoms with Crippen molar-refractivity contribution in [2.24, 2.45) is 0 Å². The predicted octanol–water partition coefficient (Wildman–Crippen LogP) is 6.00. The van der Waals surface area contributed by atoms with Crippen LogP contribution in [0.1, 0.15) is 85.0 Å². The number of amides is 2. The lowest BCUT2D eigenvalue weighted by Crippen LogP contribution is -2.44. The average molecular weight is 507 g/mol. The maximum atomic E-state index is 12.4. The summed E-state index contributed by atoms with van der Waals surface area (Å²) in [6.45, 7) is 6.95. The number of carbonyl (C=O) groups excluding carboxylic acids is 1. The number of urea groups is 1. The van der Waals surface area contributed by atoms with Crippen molar-refractivity contribution in [1.29, 1.82) is 0 Å². The minimum atomic E-state index is -0.710. The van der Waals surface area contributed by atoms with Gasteiger partial charge in [0.2, 0.25) is 0 Å². The van der Waals surface area contributed by atoms with E-state index >= 15 is 0 Å². The topological polar surface area (TPSA) is 87.3 Å². The Bertz CT molecular complexity index is 772. The molecule has 4 atom stereocenters. The quantitative estimate of drug-likeness (QED) is 0.268. The first-order chi connectivity index (χ1) is 17.4. The molecule has 0 aliphatic carbocycles. The molecule has 0 aromatic heterocycles. The van der Waals surface area contributed by atoms with Crippen LogP contribution < -0.4 is 15.4 Å². The Hall–Kier alpha value is -1.87. The van der Waals surface area contributed by atoms with Gasteiger partial charge in [-0.15, -0.1) is 0 Å². The molecule has 0 spiro atoms. The second kappa shape index (κ2) is 14.8. The molecule has 2 fully saturated rings. The summed E-state index contributed by atoms with van der Waals surface area (Å²) in [6.07, 6.45) is 11.4. The number of hydrogen-bond donors (Lipinski definition) is 2. The molecule has 2 aliphatic heterocycles. The van der Waals surface area contributed by atoms with Crippen molar-refractivity contribution < 1.29 is 28.5 Å². The van der Waals surface area contributed by atoms with E-state index < -0.39 is 12.1 Å². The molecule has 1 aromatic rings. The zero-order valence-electron chi connectivity index (χ0n) is 22.6. The molecule has 0 unspecified atom stereocenters. The number of fused-ring (bicyclic) bond motifs is 1. The molecule has 8 nitrogen and oxygen atoms in total. The van der Waals surface area contributed by atoms with Gasteiger partial charge in [-0.05, 0) is 44.5 Å². The van der Waals surface area contributed by atoms with Gasteiger partial charge < -0.3 is 34.3 Å². The Morgan fingerprint density at radius 1 is 0.944 bits per heavy atom. The monoisotopic (exact) mass is 506 g/mol. The minimum Gasteiger partial charge on any atom is -0.497 e. The van der Waals surface area contributed by atoms with E-state index in [0.29, 0.717) is 18.8 Å². The van der Waals surface area contributed by atoms with Gasteiger partial charge in [0.1, 0.15) is 24.1 Å². The first kappa shape index (κ1) is 28.7. The molecule has 0 saturated carbocycles. The molecule has 0 radical (unpaired) electrons. The van der Waals surface area contributed by atoms with E-state index in [4.69, 9.17) is 23.7 Å². The van der Waals surface area contributed by atoms with Crippen LogP contribution in [0.2, 0.25) is 0 Å². The molecule has 3 rings (SSSR count). The van der Waals surface area contributed by atoms with Gasteiger partial charge in [-0.2, -0.15) is 0 Å². The van der Waals surface area contributed by atoms with Crippen LogP contribution in [0, 0.1) is 0 Å². The fourth-order valence-corrected chi connectivity index (χ4v) is 4.76.